The van der Waals surface area contributed by atoms with E-state index in [-0.39, 0.29) is 108 Å². The summed E-state index contributed by atoms with van der Waals surface area (Å²) in [6, 6.07) is 4.24. The molecule has 0 aliphatic heterocycles. The van der Waals surface area contributed by atoms with Crippen molar-refractivity contribution in [1.82, 2.24) is 0 Å². The van der Waals surface area contributed by atoms with Crippen LogP contribution in [0.15, 0.2) is 33.6 Å². The van der Waals surface area contributed by atoms with E-state index in [1.165, 1.54) is 0 Å². The Balaban J connectivity index is 0. The van der Waals surface area contributed by atoms with Crippen LogP contribution < -0.4 is 103 Å². The smallest absolute Gasteiger partial charge is 0.788 e. The number of benzene rings is 1. The third-order valence-electron chi connectivity index (χ3n) is 1.31. The van der Waals surface area contributed by atoms with E-state index >= 15 is 0 Å². The summed E-state index contributed by atoms with van der Waals surface area (Å²) >= 11 is 8.73. The van der Waals surface area contributed by atoms with Crippen LogP contribution in [0, 0.1) is 5.82 Å². The molecule has 1 aromatic carbocycles. The average molecular weight is 328 g/mol. The molecular weight excluding hydrogens is 323 g/mol. The van der Waals surface area contributed by atoms with E-state index in [2.05, 4.69) is 29.7 Å². The van der Waals surface area contributed by atoms with Crippen molar-refractivity contribution >= 4 is 39.7 Å². The fourth-order valence-corrected chi connectivity index (χ4v) is 2.13. The number of nitrogens with zero attached hydrogens (tertiary/aromatic N) is 1. The van der Waals surface area contributed by atoms with Crippen molar-refractivity contribution in [2.24, 2.45) is 4.40 Å². The standard InChI is InChI=1S/C7H6FNO2S3.2K/c8-5-1-3-6(4-2-5)14(10,11)9-7(12)13;;/h1-4H,(H2,9,12,13);;/q;2*+1/p-2. The van der Waals surface area contributed by atoms with E-state index in [1.807, 2.05) is 0 Å². The van der Waals surface area contributed by atoms with Crippen molar-refractivity contribution < 1.29 is 116 Å². The number of rotatable bonds is 2. The minimum absolute atomic E-state index is 0. The molecule has 0 heterocycles. The molecule has 0 spiro atoms. The molecule has 1 aromatic rings. The van der Waals surface area contributed by atoms with Crippen LogP contribution in [0.4, 0.5) is 4.39 Å². The van der Waals surface area contributed by atoms with Crippen molar-refractivity contribution in [1.29, 1.82) is 0 Å². The fraction of sp³-hybridized carbons (Fsp3) is 0. The van der Waals surface area contributed by atoms with Gasteiger partial charge in [0.2, 0.25) is 0 Å². The van der Waals surface area contributed by atoms with Crippen LogP contribution in [-0.2, 0) is 35.3 Å². The Morgan fingerprint density at radius 3 is 1.94 bits per heavy atom. The van der Waals surface area contributed by atoms with Gasteiger partial charge in [-0.15, -0.1) is 0 Å². The van der Waals surface area contributed by atoms with Crippen LogP contribution in [0.5, 0.6) is 0 Å². The normalized spacial score (nSPS) is 9.56. The van der Waals surface area contributed by atoms with Gasteiger partial charge in [-0.2, -0.15) is 8.42 Å². The molecular formula is C7H4FK2NO2S3. The summed E-state index contributed by atoms with van der Waals surface area (Å²) in [7, 11) is -3.86. The Kier molecular flexibility index (Phi) is 12.2. The summed E-state index contributed by atoms with van der Waals surface area (Å²) in [6.07, 6.45) is 0. The fourth-order valence-electron chi connectivity index (χ4n) is 0.757. The molecule has 0 atom stereocenters. The van der Waals surface area contributed by atoms with Crippen molar-refractivity contribution in [3.63, 3.8) is 0 Å². The Morgan fingerprint density at radius 1 is 1.12 bits per heavy atom. The summed E-state index contributed by atoms with van der Waals surface area (Å²) in [5, 5.41) is 0. The van der Waals surface area contributed by atoms with Crippen LogP contribution >= 0.6 is 0 Å². The second kappa shape index (κ2) is 9.40. The second-order valence-electron chi connectivity index (χ2n) is 2.29. The topological polar surface area (TPSA) is 46.5 Å². The van der Waals surface area contributed by atoms with E-state index in [4.69, 9.17) is 0 Å². The minimum Gasteiger partial charge on any atom is -0.788 e. The first-order valence-corrected chi connectivity index (χ1v) is 5.62. The maximum atomic E-state index is 12.5. The zero-order valence-corrected chi connectivity index (χ0v) is 17.4. The van der Waals surface area contributed by atoms with Gasteiger partial charge in [0.15, 0.2) is 0 Å². The molecule has 0 unspecified atom stereocenters. The molecule has 0 radical (unpaired) electrons. The third kappa shape index (κ3) is 7.17. The van der Waals surface area contributed by atoms with E-state index in [0.29, 0.717) is 0 Å². The Bertz CT molecular complexity index is 457. The predicted molar refractivity (Wildman–Crippen MR) is 55.8 cm³/mol. The molecule has 0 N–H and O–H groups in total. The molecule has 16 heavy (non-hydrogen) atoms. The van der Waals surface area contributed by atoms with Crippen molar-refractivity contribution in [2.45, 2.75) is 4.90 Å². The van der Waals surface area contributed by atoms with Gasteiger partial charge in [-0.25, -0.2) is 13.2 Å². The average Bonchev–Trinajstić information content (AvgIpc) is 2.02. The van der Waals surface area contributed by atoms with Gasteiger partial charge in [0, 0.05) is 0 Å². The molecule has 3 nitrogen and oxygen atoms in total. The SMILES string of the molecule is O=S(=O)(N=C([S-])[S-])c1ccc(F)cc1.[K+].[K+]. The molecule has 9 heteroatoms. The summed E-state index contributed by atoms with van der Waals surface area (Å²) < 4.78 is 37.8. The Labute approximate surface area is 190 Å². The van der Waals surface area contributed by atoms with Gasteiger partial charge in [0.1, 0.15) is 5.82 Å². The molecule has 0 aliphatic rings. The van der Waals surface area contributed by atoms with Gasteiger partial charge in [-0.1, -0.05) is 0 Å². The van der Waals surface area contributed by atoms with Crippen molar-refractivity contribution in [3.05, 3.63) is 30.1 Å². The minimum atomic E-state index is -3.86. The Hall–Kier alpha value is 2.48. The van der Waals surface area contributed by atoms with Gasteiger partial charge in [0.25, 0.3) is 10.0 Å². The Morgan fingerprint density at radius 2 is 1.56 bits per heavy atom. The third-order valence-corrected chi connectivity index (χ3v) is 3.01. The number of halogens is 1. The maximum Gasteiger partial charge on any atom is 1.00 e. The number of hydrogen-bond donors (Lipinski definition) is 0. The molecule has 76 valence electrons. The van der Waals surface area contributed by atoms with Crippen LogP contribution in [0.1, 0.15) is 0 Å². The summed E-state index contributed by atoms with van der Waals surface area (Å²) in [5.74, 6) is -0.523. The zero-order valence-electron chi connectivity index (χ0n) is 8.68. The summed E-state index contributed by atoms with van der Waals surface area (Å²) in [5.41, 5.74) is 0. The van der Waals surface area contributed by atoms with Crippen LogP contribution in [0.3, 0.4) is 0 Å². The van der Waals surface area contributed by atoms with Gasteiger partial charge in [-0.05, 0) is 24.3 Å². The van der Waals surface area contributed by atoms with Gasteiger partial charge in [-0.3, -0.25) is 0 Å². The van der Waals surface area contributed by atoms with Crippen LogP contribution in [0.25, 0.3) is 0 Å². The van der Waals surface area contributed by atoms with Gasteiger partial charge < -0.3 is 25.3 Å². The first kappa shape index (κ1) is 20.8. The van der Waals surface area contributed by atoms with Crippen molar-refractivity contribution in [2.75, 3.05) is 0 Å². The summed E-state index contributed by atoms with van der Waals surface area (Å²) in [6.45, 7) is 0. The van der Waals surface area contributed by atoms with Crippen LogP contribution in [0.2, 0.25) is 0 Å². The largest absolute Gasteiger partial charge is 1.00 e. The molecule has 0 aromatic heterocycles. The van der Waals surface area contributed by atoms with E-state index in [1.54, 1.807) is 0 Å². The number of hydrogen-bond acceptors (Lipinski definition) is 4. The van der Waals surface area contributed by atoms with E-state index in [0.717, 1.165) is 24.3 Å². The number of sulfonamides is 1. The van der Waals surface area contributed by atoms with E-state index in [9.17, 15) is 12.8 Å². The second-order valence-corrected chi connectivity index (χ2v) is 4.92. The van der Waals surface area contributed by atoms with E-state index < -0.39 is 20.2 Å². The molecule has 0 aliphatic carbocycles. The zero-order chi connectivity index (χ0) is 10.8. The monoisotopic (exact) mass is 327 g/mol. The molecule has 0 saturated carbocycles. The first-order chi connectivity index (χ1) is 6.42. The molecule has 0 bridgehead atoms. The molecule has 0 amide bonds. The quantitative estimate of drug-likeness (QED) is 0.236. The molecule has 1 rings (SSSR count). The summed E-state index contributed by atoms with van der Waals surface area (Å²) in [4.78, 5) is -0.133. The van der Waals surface area contributed by atoms with Gasteiger partial charge >= 0.3 is 103 Å². The van der Waals surface area contributed by atoms with Crippen molar-refractivity contribution in [3.8, 4) is 0 Å². The first-order valence-electron chi connectivity index (χ1n) is 3.36. The van der Waals surface area contributed by atoms with Crippen LogP contribution in [-0.4, -0.2) is 12.8 Å². The van der Waals surface area contributed by atoms with Gasteiger partial charge in [0.05, 0.1) is 4.90 Å². The molecule has 0 fully saturated rings. The molecule has 0 saturated heterocycles. The maximum absolute atomic E-state index is 12.5. The predicted octanol–water partition coefficient (Wildman–Crippen LogP) is -5.03.